The van der Waals surface area contributed by atoms with Gasteiger partial charge in [-0.15, -0.1) is 0 Å². The Bertz CT molecular complexity index is 861. The average molecular weight is 474 g/mol. The zero-order chi connectivity index (χ0) is 24.4. The van der Waals surface area contributed by atoms with E-state index in [0.29, 0.717) is 43.0 Å². The highest BCUT2D eigenvalue weighted by molar-refractivity contribution is 5.68. The Balaban J connectivity index is 1.51. The lowest BCUT2D eigenvalue weighted by Gasteiger charge is -2.47. The van der Waals surface area contributed by atoms with Crippen molar-refractivity contribution in [2.45, 2.75) is 65.1 Å². The molecule has 3 aliphatic rings. The Labute approximate surface area is 205 Å². The van der Waals surface area contributed by atoms with Crippen molar-refractivity contribution in [3.8, 4) is 11.5 Å². The van der Waals surface area contributed by atoms with Crippen LogP contribution in [0, 0.1) is 17.8 Å². The Morgan fingerprint density at radius 1 is 1.12 bits per heavy atom. The van der Waals surface area contributed by atoms with Crippen LogP contribution in [-0.2, 0) is 11.2 Å². The zero-order valence-electron chi connectivity index (χ0n) is 21.8. The first-order valence-corrected chi connectivity index (χ1v) is 13.0. The lowest BCUT2D eigenvalue weighted by Crippen LogP contribution is -2.56. The van der Waals surface area contributed by atoms with E-state index in [2.05, 4.69) is 50.0 Å². The molecule has 1 aromatic carbocycles. The number of ether oxygens (including phenoxy) is 3. The molecule has 0 radical (unpaired) electrons. The number of fused-ring (bicyclic) bond motifs is 3. The lowest BCUT2D eigenvalue weighted by molar-refractivity contribution is 0.000797. The highest BCUT2D eigenvalue weighted by atomic mass is 16.6. The Morgan fingerprint density at radius 3 is 2.56 bits per heavy atom. The van der Waals surface area contributed by atoms with Crippen LogP contribution in [0.25, 0.3) is 0 Å². The highest BCUT2D eigenvalue weighted by Gasteiger charge is 2.40. The first-order valence-electron chi connectivity index (χ1n) is 13.0. The van der Waals surface area contributed by atoms with Gasteiger partial charge in [0.25, 0.3) is 0 Å². The summed E-state index contributed by atoms with van der Waals surface area (Å²) in [7, 11) is 3.39. The summed E-state index contributed by atoms with van der Waals surface area (Å²) in [5.74, 6) is 3.09. The monoisotopic (exact) mass is 473 g/mol. The van der Waals surface area contributed by atoms with Gasteiger partial charge in [-0.1, -0.05) is 13.8 Å². The topological polar surface area (TPSA) is 63.3 Å². The summed E-state index contributed by atoms with van der Waals surface area (Å²) < 4.78 is 17.2. The first-order chi connectivity index (χ1) is 16.3. The molecule has 1 aromatic rings. The molecule has 7 nitrogen and oxygen atoms in total. The first kappa shape index (κ1) is 25.1. The molecule has 5 atom stereocenters. The van der Waals surface area contributed by atoms with Crippen LogP contribution in [0.3, 0.4) is 0 Å². The molecule has 0 aliphatic carbocycles. The largest absolute Gasteiger partial charge is 0.493 e. The number of benzene rings is 1. The minimum atomic E-state index is -0.165. The summed E-state index contributed by atoms with van der Waals surface area (Å²) in [5, 5.41) is 3.43. The van der Waals surface area contributed by atoms with Crippen LogP contribution in [0.15, 0.2) is 12.1 Å². The molecule has 0 aromatic heterocycles. The van der Waals surface area contributed by atoms with Gasteiger partial charge in [0, 0.05) is 44.3 Å². The van der Waals surface area contributed by atoms with Crippen molar-refractivity contribution in [3.63, 3.8) is 0 Å². The van der Waals surface area contributed by atoms with Crippen molar-refractivity contribution >= 4 is 6.09 Å². The second kappa shape index (κ2) is 10.7. The molecule has 1 amide bonds. The van der Waals surface area contributed by atoms with Gasteiger partial charge in [-0.2, -0.15) is 0 Å². The van der Waals surface area contributed by atoms with Crippen LogP contribution in [0.5, 0.6) is 11.5 Å². The van der Waals surface area contributed by atoms with Gasteiger partial charge in [0.15, 0.2) is 11.5 Å². The molecule has 3 aliphatic heterocycles. The van der Waals surface area contributed by atoms with Crippen molar-refractivity contribution in [3.05, 3.63) is 23.3 Å². The van der Waals surface area contributed by atoms with Gasteiger partial charge < -0.3 is 24.4 Å². The fourth-order valence-electron chi connectivity index (χ4n) is 6.12. The van der Waals surface area contributed by atoms with E-state index in [-0.39, 0.29) is 12.1 Å². The lowest BCUT2D eigenvalue weighted by atomic mass is 9.74. The molecular formula is C27H43N3O4. The van der Waals surface area contributed by atoms with Gasteiger partial charge in [-0.25, -0.2) is 4.79 Å². The standard InChI is InChI=1S/C27H43N3O4/c1-17(2)9-21-15-29-8-7-20-11-25(32-5)26(33-6)12-23(20)24(29)10-22(21)16-34-27(31)30-14-18(3)28-13-19(30)4/h11-12,17-19,21-22,24,28H,7-10,13-16H2,1-6H3/t18-,19+,21?,22?,24?/m0/s1. The van der Waals surface area contributed by atoms with Crippen molar-refractivity contribution in [1.29, 1.82) is 0 Å². The van der Waals surface area contributed by atoms with Gasteiger partial charge in [-0.3, -0.25) is 4.90 Å². The van der Waals surface area contributed by atoms with E-state index in [4.69, 9.17) is 14.2 Å². The van der Waals surface area contributed by atoms with Crippen LogP contribution in [-0.4, -0.2) is 75.0 Å². The molecule has 2 saturated heterocycles. The van der Waals surface area contributed by atoms with Crippen LogP contribution in [0.1, 0.15) is 57.7 Å². The minimum absolute atomic E-state index is 0.157. The molecule has 1 N–H and O–H groups in total. The molecule has 0 saturated carbocycles. The van der Waals surface area contributed by atoms with E-state index in [0.717, 1.165) is 50.4 Å². The summed E-state index contributed by atoms with van der Waals surface area (Å²) >= 11 is 0. The predicted octanol–water partition coefficient (Wildman–Crippen LogP) is 4.10. The number of hydrogen-bond acceptors (Lipinski definition) is 6. The Hall–Kier alpha value is -1.99. The molecule has 3 unspecified atom stereocenters. The van der Waals surface area contributed by atoms with Gasteiger partial charge in [0.2, 0.25) is 0 Å². The number of methoxy groups -OCH3 is 2. The van der Waals surface area contributed by atoms with Crippen molar-refractivity contribution < 1.29 is 19.0 Å². The molecule has 0 spiro atoms. The number of nitrogens with zero attached hydrogens (tertiary/aromatic N) is 2. The van der Waals surface area contributed by atoms with Gasteiger partial charge in [0.05, 0.1) is 20.8 Å². The second-order valence-corrected chi connectivity index (χ2v) is 10.9. The maximum Gasteiger partial charge on any atom is 0.410 e. The highest BCUT2D eigenvalue weighted by Crippen LogP contribution is 2.45. The SMILES string of the molecule is COc1cc2c(cc1OC)C1CC(COC(=O)N3C[C@H](C)NC[C@H]3C)C(CC(C)C)CN1CC2. The molecule has 2 fully saturated rings. The summed E-state index contributed by atoms with van der Waals surface area (Å²) in [6.45, 7) is 12.9. The summed E-state index contributed by atoms with van der Waals surface area (Å²) in [5.41, 5.74) is 2.69. The number of amides is 1. The smallest absolute Gasteiger partial charge is 0.410 e. The van der Waals surface area contributed by atoms with E-state index < -0.39 is 0 Å². The van der Waals surface area contributed by atoms with Gasteiger partial charge in [-0.05, 0) is 74.1 Å². The molecule has 190 valence electrons. The fraction of sp³-hybridized carbons (Fsp3) is 0.741. The van der Waals surface area contributed by atoms with E-state index in [1.807, 2.05) is 4.90 Å². The van der Waals surface area contributed by atoms with E-state index in [1.54, 1.807) is 14.2 Å². The van der Waals surface area contributed by atoms with Crippen molar-refractivity contribution in [2.75, 3.05) is 47.0 Å². The van der Waals surface area contributed by atoms with Crippen molar-refractivity contribution in [1.82, 2.24) is 15.1 Å². The third kappa shape index (κ3) is 5.30. The average Bonchev–Trinajstić information content (AvgIpc) is 2.82. The second-order valence-electron chi connectivity index (χ2n) is 10.9. The summed E-state index contributed by atoms with van der Waals surface area (Å²) in [4.78, 5) is 17.5. The number of hydrogen-bond donors (Lipinski definition) is 1. The number of nitrogens with one attached hydrogen (secondary N) is 1. The van der Waals surface area contributed by atoms with Crippen LogP contribution >= 0.6 is 0 Å². The summed E-state index contributed by atoms with van der Waals surface area (Å²) in [6.07, 6.45) is 3.02. The normalized spacial score (nSPS) is 29.4. The van der Waals surface area contributed by atoms with Crippen LogP contribution in [0.2, 0.25) is 0 Å². The molecule has 3 heterocycles. The van der Waals surface area contributed by atoms with Gasteiger partial charge >= 0.3 is 6.09 Å². The Morgan fingerprint density at radius 2 is 1.85 bits per heavy atom. The maximum atomic E-state index is 13.0. The van der Waals surface area contributed by atoms with Crippen LogP contribution < -0.4 is 14.8 Å². The third-order valence-corrected chi connectivity index (χ3v) is 7.97. The number of piperidine rings is 1. The quantitative estimate of drug-likeness (QED) is 0.671. The Kier molecular flexibility index (Phi) is 7.93. The van der Waals surface area contributed by atoms with E-state index in [1.165, 1.54) is 11.1 Å². The third-order valence-electron chi connectivity index (χ3n) is 7.97. The molecule has 7 heteroatoms. The number of carbonyl (C=O) groups is 1. The molecule has 34 heavy (non-hydrogen) atoms. The minimum Gasteiger partial charge on any atom is -0.493 e. The summed E-state index contributed by atoms with van der Waals surface area (Å²) in [6, 6.07) is 5.10. The molecule has 0 bridgehead atoms. The van der Waals surface area contributed by atoms with Crippen LogP contribution in [0.4, 0.5) is 4.79 Å². The number of carbonyl (C=O) groups excluding carboxylic acids is 1. The van der Waals surface area contributed by atoms with E-state index in [9.17, 15) is 4.79 Å². The van der Waals surface area contributed by atoms with Crippen molar-refractivity contribution in [2.24, 2.45) is 17.8 Å². The number of piperazine rings is 1. The molecular weight excluding hydrogens is 430 g/mol. The van der Waals surface area contributed by atoms with Gasteiger partial charge in [0.1, 0.15) is 0 Å². The molecule has 4 rings (SSSR count). The van der Waals surface area contributed by atoms with E-state index >= 15 is 0 Å². The fourth-order valence-corrected chi connectivity index (χ4v) is 6.12. The number of rotatable bonds is 6. The zero-order valence-corrected chi connectivity index (χ0v) is 21.8. The predicted molar refractivity (Wildman–Crippen MR) is 134 cm³/mol. The maximum absolute atomic E-state index is 13.0.